The van der Waals surface area contributed by atoms with Crippen molar-refractivity contribution < 1.29 is 14.3 Å². The van der Waals surface area contributed by atoms with Crippen LogP contribution in [0.25, 0.3) is 0 Å². The Hall–Kier alpha value is -1.98. The first-order valence-corrected chi connectivity index (χ1v) is 4.71. The van der Waals surface area contributed by atoms with Crippen LogP contribution in [0.2, 0.25) is 0 Å². The first-order chi connectivity index (χ1) is 7.50. The zero-order valence-electron chi connectivity index (χ0n) is 9.88. The van der Waals surface area contributed by atoms with E-state index in [1.165, 1.54) is 27.0 Å². The predicted octanol–water partition coefficient (Wildman–Crippen LogP) is 0.789. The van der Waals surface area contributed by atoms with E-state index >= 15 is 0 Å². The monoisotopic (exact) mass is 221 g/mol. The quantitative estimate of drug-likeness (QED) is 0.435. The maximum atomic E-state index is 11.5. The maximum absolute atomic E-state index is 11.5. The number of esters is 1. The fraction of sp³-hybridized carbons (Fsp3) is 0.417. The summed E-state index contributed by atoms with van der Waals surface area (Å²) in [6.45, 7) is 4.81. The van der Waals surface area contributed by atoms with E-state index in [1.54, 1.807) is 13.0 Å². The van der Waals surface area contributed by atoms with Crippen molar-refractivity contribution in [3.8, 4) is 11.8 Å². The molecule has 0 aliphatic carbocycles. The first-order valence-electron chi connectivity index (χ1n) is 4.71. The molecule has 4 heteroatoms. The second kappa shape index (κ2) is 6.49. The normalized spacial score (nSPS) is 12.0. The summed E-state index contributed by atoms with van der Waals surface area (Å²) in [5.74, 6) is 3.62. The summed E-state index contributed by atoms with van der Waals surface area (Å²) in [5.41, 5.74) is 1.49. The Kier molecular flexibility index (Phi) is 5.69. The molecule has 1 unspecified atom stereocenters. The molecule has 1 amide bonds. The van der Waals surface area contributed by atoms with Gasteiger partial charge >= 0.3 is 5.97 Å². The summed E-state index contributed by atoms with van der Waals surface area (Å²) in [7, 11) is 1.25. The van der Waals surface area contributed by atoms with Gasteiger partial charge in [0.15, 0.2) is 5.54 Å². The molecule has 0 aliphatic rings. The number of hydrogen-bond donors (Lipinski definition) is 1. The molecule has 0 aromatic carbocycles. The summed E-state index contributed by atoms with van der Waals surface area (Å²) in [6, 6.07) is 0. The lowest BCUT2D eigenvalue weighted by Crippen LogP contribution is -2.50. The fourth-order valence-electron chi connectivity index (χ4n) is 0.989. The molecule has 0 aliphatic heterocycles. The van der Waals surface area contributed by atoms with Crippen LogP contribution >= 0.6 is 0 Å². The number of rotatable bonds is 3. The average molecular weight is 221 g/mol. The highest BCUT2D eigenvalue weighted by Crippen LogP contribution is 2.07. The van der Waals surface area contributed by atoms with Gasteiger partial charge in [-0.05, 0) is 38.8 Å². The van der Waals surface area contributed by atoms with E-state index in [9.17, 15) is 9.59 Å². The molecule has 16 heavy (non-hydrogen) atoms. The number of amides is 1. The van der Waals surface area contributed by atoms with Crippen molar-refractivity contribution in [3.63, 3.8) is 0 Å². The van der Waals surface area contributed by atoms with Crippen molar-refractivity contribution in [2.24, 2.45) is 0 Å². The van der Waals surface area contributed by atoms with Gasteiger partial charge in [0.1, 0.15) is 0 Å². The van der Waals surface area contributed by atoms with Crippen LogP contribution in [-0.4, -0.2) is 24.5 Å². The number of nitrogens with one attached hydrogen (secondary N) is 1. The summed E-state index contributed by atoms with van der Waals surface area (Å²) >= 11 is 0. The van der Waals surface area contributed by atoms with Gasteiger partial charge in [-0.3, -0.25) is 4.79 Å². The van der Waals surface area contributed by atoms with Crippen LogP contribution in [0.15, 0.2) is 17.9 Å². The molecule has 0 aromatic rings. The average Bonchev–Trinajstić information content (AvgIpc) is 2.25. The van der Waals surface area contributed by atoms with Gasteiger partial charge in [-0.1, -0.05) is 5.92 Å². The highest BCUT2D eigenvalue weighted by molar-refractivity contribution is 5.98. The molecule has 0 radical (unpaired) electrons. The van der Waals surface area contributed by atoms with Gasteiger partial charge in [-0.2, -0.15) is 0 Å². The Morgan fingerprint density at radius 3 is 2.50 bits per heavy atom. The van der Waals surface area contributed by atoms with E-state index in [1.807, 2.05) is 0 Å². The number of carbonyl (C=O) groups excluding carboxylic acids is 2. The summed E-state index contributed by atoms with van der Waals surface area (Å²) in [5, 5.41) is 2.45. The standard InChI is InChI=1S/C12H15NO3/c1-5-7-9-12(3,11(15)16-4)13-10(14)8-6-2/h5,9H,1-4H3,(H,13,14). The Morgan fingerprint density at radius 1 is 1.44 bits per heavy atom. The highest BCUT2D eigenvalue weighted by atomic mass is 16.5. The molecule has 0 bridgehead atoms. The summed E-state index contributed by atoms with van der Waals surface area (Å²) in [4.78, 5) is 22.8. The maximum Gasteiger partial charge on any atom is 0.336 e. The third-order valence-corrected chi connectivity index (χ3v) is 1.76. The Labute approximate surface area is 95.4 Å². The van der Waals surface area contributed by atoms with Crippen LogP contribution in [0.1, 0.15) is 20.8 Å². The third-order valence-electron chi connectivity index (χ3n) is 1.76. The lowest BCUT2D eigenvalue weighted by molar-refractivity contribution is -0.147. The third kappa shape index (κ3) is 4.04. The van der Waals surface area contributed by atoms with E-state index in [4.69, 9.17) is 0 Å². The van der Waals surface area contributed by atoms with Gasteiger partial charge in [-0.25, -0.2) is 4.79 Å². The molecule has 86 valence electrons. The van der Waals surface area contributed by atoms with Crippen LogP contribution in [0.5, 0.6) is 0 Å². The van der Waals surface area contributed by atoms with Gasteiger partial charge in [0.2, 0.25) is 0 Å². The zero-order chi connectivity index (χ0) is 12.6. The number of carbonyl (C=O) groups is 2. The lowest BCUT2D eigenvalue weighted by Gasteiger charge is -2.22. The molecule has 0 saturated heterocycles. The molecular formula is C12H15NO3. The van der Waals surface area contributed by atoms with E-state index in [0.29, 0.717) is 0 Å². The van der Waals surface area contributed by atoms with Crippen molar-refractivity contribution in [1.29, 1.82) is 0 Å². The number of methoxy groups -OCH3 is 1. The van der Waals surface area contributed by atoms with E-state index in [2.05, 4.69) is 27.6 Å². The van der Waals surface area contributed by atoms with E-state index in [-0.39, 0.29) is 0 Å². The molecule has 0 aromatic heterocycles. The van der Waals surface area contributed by atoms with Gasteiger partial charge < -0.3 is 10.1 Å². The van der Waals surface area contributed by atoms with E-state index < -0.39 is 17.4 Å². The molecular weight excluding hydrogens is 206 g/mol. The van der Waals surface area contributed by atoms with Crippen molar-refractivity contribution in [3.05, 3.63) is 17.9 Å². The highest BCUT2D eigenvalue weighted by Gasteiger charge is 2.33. The Bertz CT molecular complexity index is 390. The minimum absolute atomic E-state index is 0.537. The minimum atomic E-state index is -1.25. The lowest BCUT2D eigenvalue weighted by atomic mass is 10.0. The minimum Gasteiger partial charge on any atom is -0.467 e. The van der Waals surface area contributed by atoms with Gasteiger partial charge in [0.05, 0.1) is 7.11 Å². The molecule has 0 fully saturated rings. The van der Waals surface area contributed by atoms with Crippen molar-refractivity contribution in [2.75, 3.05) is 7.11 Å². The summed E-state index contributed by atoms with van der Waals surface area (Å²) in [6.07, 6.45) is 3.05. The molecule has 0 heterocycles. The topological polar surface area (TPSA) is 55.4 Å². The second-order valence-electron chi connectivity index (χ2n) is 3.12. The van der Waals surface area contributed by atoms with Crippen molar-refractivity contribution in [2.45, 2.75) is 26.3 Å². The molecule has 1 atom stereocenters. The SMILES string of the molecule is CC#CC(=O)NC(C)(C=C=CC)C(=O)OC. The van der Waals surface area contributed by atoms with Crippen molar-refractivity contribution >= 4 is 11.9 Å². The smallest absolute Gasteiger partial charge is 0.336 e. The molecule has 0 saturated carbocycles. The fourth-order valence-corrected chi connectivity index (χ4v) is 0.989. The van der Waals surface area contributed by atoms with E-state index in [0.717, 1.165) is 0 Å². The number of hydrogen-bond acceptors (Lipinski definition) is 3. The van der Waals surface area contributed by atoms with Crippen molar-refractivity contribution in [1.82, 2.24) is 5.32 Å². The van der Waals surface area contributed by atoms with Crippen LogP contribution in [0.4, 0.5) is 0 Å². The Balaban J connectivity index is 5.06. The van der Waals surface area contributed by atoms with Gasteiger partial charge in [0.25, 0.3) is 5.91 Å². The van der Waals surface area contributed by atoms with Gasteiger partial charge in [-0.15, -0.1) is 5.73 Å². The first kappa shape index (κ1) is 14.0. The predicted molar refractivity (Wildman–Crippen MR) is 60.3 cm³/mol. The Morgan fingerprint density at radius 2 is 2.06 bits per heavy atom. The second-order valence-corrected chi connectivity index (χ2v) is 3.12. The summed E-state index contributed by atoms with van der Waals surface area (Å²) < 4.78 is 4.60. The van der Waals surface area contributed by atoms with Crippen LogP contribution in [0.3, 0.4) is 0 Å². The molecule has 0 rings (SSSR count). The van der Waals surface area contributed by atoms with Crippen LogP contribution in [0, 0.1) is 11.8 Å². The van der Waals surface area contributed by atoms with Gasteiger partial charge in [0, 0.05) is 0 Å². The van der Waals surface area contributed by atoms with Crippen LogP contribution < -0.4 is 5.32 Å². The molecule has 4 nitrogen and oxygen atoms in total. The van der Waals surface area contributed by atoms with Crippen LogP contribution in [-0.2, 0) is 14.3 Å². The molecule has 1 N–H and O–H groups in total. The number of ether oxygens (including phenoxy) is 1. The zero-order valence-corrected chi connectivity index (χ0v) is 9.88. The largest absolute Gasteiger partial charge is 0.467 e. The molecule has 0 spiro atoms.